The van der Waals surface area contributed by atoms with Gasteiger partial charge in [0.05, 0.1) is 0 Å². The zero-order chi connectivity index (χ0) is 16.4. The minimum atomic E-state index is -0.878. The molecule has 0 aliphatic carbocycles. The van der Waals surface area contributed by atoms with Crippen LogP contribution in [0.3, 0.4) is 0 Å². The van der Waals surface area contributed by atoms with E-state index in [1.165, 1.54) is 0 Å². The van der Waals surface area contributed by atoms with Crippen molar-refractivity contribution in [1.82, 2.24) is 9.88 Å². The Bertz CT molecular complexity index is 579. The number of likely N-dealkylation sites (tertiary alicyclic amines) is 1. The second-order valence-electron chi connectivity index (χ2n) is 6.48. The minimum absolute atomic E-state index is 0.0198. The molecule has 2 fully saturated rings. The zero-order valence-corrected chi connectivity index (χ0v) is 13.4. The van der Waals surface area contributed by atoms with Crippen molar-refractivity contribution < 1.29 is 14.7 Å². The summed E-state index contributed by atoms with van der Waals surface area (Å²) in [6, 6.07) is 3.43. The van der Waals surface area contributed by atoms with Gasteiger partial charge in [-0.15, -0.1) is 0 Å². The highest BCUT2D eigenvalue weighted by molar-refractivity contribution is 5.85. The van der Waals surface area contributed by atoms with Crippen molar-refractivity contribution in [2.24, 2.45) is 5.92 Å². The predicted molar refractivity (Wildman–Crippen MR) is 86.3 cm³/mol. The molecule has 0 bridgehead atoms. The molecule has 2 saturated heterocycles. The van der Waals surface area contributed by atoms with Crippen LogP contribution < -0.4 is 4.90 Å². The molecule has 0 saturated carbocycles. The van der Waals surface area contributed by atoms with Crippen LogP contribution in [0.1, 0.15) is 31.2 Å². The van der Waals surface area contributed by atoms with E-state index in [9.17, 15) is 14.7 Å². The summed E-state index contributed by atoms with van der Waals surface area (Å²) < 4.78 is 0. The Kier molecular flexibility index (Phi) is 4.50. The summed E-state index contributed by atoms with van der Waals surface area (Å²) in [7, 11) is 0. The van der Waals surface area contributed by atoms with E-state index in [0.717, 1.165) is 43.7 Å². The predicted octanol–water partition coefficient (Wildman–Crippen LogP) is 1.68. The van der Waals surface area contributed by atoms with Gasteiger partial charge < -0.3 is 14.9 Å². The van der Waals surface area contributed by atoms with Gasteiger partial charge in [0.15, 0.2) is 0 Å². The van der Waals surface area contributed by atoms with Gasteiger partial charge in [0, 0.05) is 31.7 Å². The topological polar surface area (TPSA) is 73.7 Å². The van der Waals surface area contributed by atoms with Crippen LogP contribution in [-0.2, 0) is 9.59 Å². The molecule has 3 heterocycles. The summed E-state index contributed by atoms with van der Waals surface area (Å²) in [6.07, 6.45) is 4.74. The Balaban J connectivity index is 1.59. The van der Waals surface area contributed by atoms with Crippen molar-refractivity contribution in [2.75, 3.05) is 24.5 Å². The molecule has 1 N–H and O–H groups in total. The summed E-state index contributed by atoms with van der Waals surface area (Å²) in [6.45, 7) is 4.17. The molecule has 1 amide bonds. The van der Waals surface area contributed by atoms with E-state index in [0.29, 0.717) is 13.0 Å². The maximum atomic E-state index is 12.6. The Morgan fingerprint density at radius 2 is 1.91 bits per heavy atom. The average molecular weight is 317 g/mol. The number of pyridine rings is 1. The highest BCUT2D eigenvalue weighted by atomic mass is 16.4. The SMILES string of the molecule is Cc1ccc(N2CCC(C(=O)N3CCC[C@@H]3C(=O)O)CC2)nc1. The molecule has 1 atom stereocenters. The Morgan fingerprint density at radius 1 is 1.17 bits per heavy atom. The third-order valence-electron chi connectivity index (χ3n) is 4.88. The van der Waals surface area contributed by atoms with E-state index in [1.807, 2.05) is 25.3 Å². The van der Waals surface area contributed by atoms with E-state index in [1.54, 1.807) is 4.90 Å². The van der Waals surface area contributed by atoms with Gasteiger partial charge in [-0.1, -0.05) is 6.07 Å². The van der Waals surface area contributed by atoms with Gasteiger partial charge in [-0.3, -0.25) is 4.79 Å². The molecule has 23 heavy (non-hydrogen) atoms. The minimum Gasteiger partial charge on any atom is -0.480 e. The van der Waals surface area contributed by atoms with Gasteiger partial charge in [-0.05, 0) is 44.2 Å². The van der Waals surface area contributed by atoms with Crippen LogP contribution in [0.5, 0.6) is 0 Å². The van der Waals surface area contributed by atoms with Gasteiger partial charge in [-0.2, -0.15) is 0 Å². The molecule has 3 rings (SSSR count). The van der Waals surface area contributed by atoms with E-state index in [2.05, 4.69) is 9.88 Å². The van der Waals surface area contributed by atoms with Crippen molar-refractivity contribution in [3.8, 4) is 0 Å². The molecular weight excluding hydrogens is 294 g/mol. The van der Waals surface area contributed by atoms with Crippen molar-refractivity contribution >= 4 is 17.7 Å². The van der Waals surface area contributed by atoms with E-state index < -0.39 is 12.0 Å². The molecular formula is C17H23N3O3. The van der Waals surface area contributed by atoms with Crippen molar-refractivity contribution in [3.63, 3.8) is 0 Å². The fraction of sp³-hybridized carbons (Fsp3) is 0.588. The number of aliphatic carboxylic acids is 1. The first-order chi connectivity index (χ1) is 11.1. The number of nitrogens with zero attached hydrogens (tertiary/aromatic N) is 3. The first-order valence-corrected chi connectivity index (χ1v) is 8.27. The Hall–Kier alpha value is -2.11. The molecule has 6 heteroatoms. The van der Waals surface area contributed by atoms with Crippen LogP contribution in [0.25, 0.3) is 0 Å². The third kappa shape index (κ3) is 3.30. The highest BCUT2D eigenvalue weighted by Gasteiger charge is 2.38. The van der Waals surface area contributed by atoms with E-state index >= 15 is 0 Å². The number of carbonyl (C=O) groups is 2. The highest BCUT2D eigenvalue weighted by Crippen LogP contribution is 2.27. The van der Waals surface area contributed by atoms with E-state index in [-0.39, 0.29) is 11.8 Å². The maximum absolute atomic E-state index is 12.6. The fourth-order valence-corrected chi connectivity index (χ4v) is 3.52. The molecule has 0 radical (unpaired) electrons. The molecule has 0 unspecified atom stereocenters. The van der Waals surface area contributed by atoms with Crippen LogP contribution in [0.4, 0.5) is 5.82 Å². The van der Waals surface area contributed by atoms with Gasteiger partial charge in [-0.25, -0.2) is 9.78 Å². The molecule has 1 aromatic heterocycles. The number of hydrogen-bond donors (Lipinski definition) is 1. The first kappa shape index (κ1) is 15.8. The van der Waals surface area contributed by atoms with Crippen molar-refractivity contribution in [1.29, 1.82) is 0 Å². The van der Waals surface area contributed by atoms with Crippen molar-refractivity contribution in [3.05, 3.63) is 23.9 Å². The number of carbonyl (C=O) groups excluding carboxylic acids is 1. The van der Waals surface area contributed by atoms with Crippen molar-refractivity contribution in [2.45, 2.75) is 38.6 Å². The summed E-state index contributed by atoms with van der Waals surface area (Å²) in [4.78, 5) is 32.1. The standard InChI is InChI=1S/C17H23N3O3/c1-12-4-5-15(18-11-12)19-9-6-13(7-10-19)16(21)20-8-2-3-14(20)17(22)23/h4-5,11,13-14H,2-3,6-10H2,1H3,(H,22,23)/t14-/m1/s1. The second-order valence-corrected chi connectivity index (χ2v) is 6.48. The number of aromatic nitrogens is 1. The van der Waals surface area contributed by atoms with Crippen LogP contribution in [0, 0.1) is 12.8 Å². The molecule has 6 nitrogen and oxygen atoms in total. The number of carboxylic acid groups (broad SMARTS) is 1. The molecule has 2 aliphatic rings. The Morgan fingerprint density at radius 3 is 2.52 bits per heavy atom. The summed E-state index contributed by atoms with van der Waals surface area (Å²) in [5, 5.41) is 9.23. The largest absolute Gasteiger partial charge is 0.480 e. The summed E-state index contributed by atoms with van der Waals surface area (Å²) in [5.41, 5.74) is 1.13. The lowest BCUT2D eigenvalue weighted by Gasteiger charge is -2.34. The van der Waals surface area contributed by atoms with Crippen LogP contribution in [-0.4, -0.2) is 52.5 Å². The number of anilines is 1. The number of amides is 1. The van der Waals surface area contributed by atoms with Gasteiger partial charge >= 0.3 is 5.97 Å². The molecule has 1 aromatic rings. The second kappa shape index (κ2) is 6.56. The molecule has 2 aliphatic heterocycles. The van der Waals surface area contributed by atoms with Gasteiger partial charge in [0.25, 0.3) is 0 Å². The van der Waals surface area contributed by atoms with E-state index in [4.69, 9.17) is 0 Å². The number of hydrogen-bond acceptors (Lipinski definition) is 4. The van der Waals surface area contributed by atoms with Gasteiger partial charge in [0.1, 0.15) is 11.9 Å². The lowest BCUT2D eigenvalue weighted by atomic mass is 9.95. The number of rotatable bonds is 3. The lowest BCUT2D eigenvalue weighted by Crippen LogP contribution is -2.46. The zero-order valence-electron chi connectivity index (χ0n) is 13.4. The smallest absolute Gasteiger partial charge is 0.326 e. The summed E-state index contributed by atoms with van der Waals surface area (Å²) >= 11 is 0. The number of carboxylic acids is 1. The molecule has 0 aromatic carbocycles. The fourth-order valence-electron chi connectivity index (χ4n) is 3.52. The molecule has 0 spiro atoms. The summed E-state index contributed by atoms with van der Waals surface area (Å²) in [5.74, 6) is 0.0336. The number of aryl methyl sites for hydroxylation is 1. The first-order valence-electron chi connectivity index (χ1n) is 8.27. The van der Waals surface area contributed by atoms with Crippen LogP contribution in [0.15, 0.2) is 18.3 Å². The third-order valence-corrected chi connectivity index (χ3v) is 4.88. The van der Waals surface area contributed by atoms with Crippen LogP contribution >= 0.6 is 0 Å². The van der Waals surface area contributed by atoms with Gasteiger partial charge in [0.2, 0.25) is 5.91 Å². The normalized spacial score (nSPS) is 22.4. The maximum Gasteiger partial charge on any atom is 0.326 e. The lowest BCUT2D eigenvalue weighted by molar-refractivity contribution is -0.150. The monoisotopic (exact) mass is 317 g/mol. The quantitative estimate of drug-likeness (QED) is 0.918. The Labute approximate surface area is 136 Å². The average Bonchev–Trinajstić information content (AvgIpc) is 3.05. The number of piperidine rings is 1. The molecule has 124 valence electrons. The van der Waals surface area contributed by atoms with Crippen LogP contribution in [0.2, 0.25) is 0 Å².